The van der Waals surface area contributed by atoms with Gasteiger partial charge in [0, 0.05) is 6.04 Å². The summed E-state index contributed by atoms with van der Waals surface area (Å²) in [5.74, 6) is -1.35. The molecule has 0 bridgehead atoms. The molecule has 25 heavy (non-hydrogen) atoms. The Morgan fingerprint density at radius 1 is 1.20 bits per heavy atom. The van der Waals surface area contributed by atoms with Crippen molar-refractivity contribution >= 4 is 34.2 Å². The van der Waals surface area contributed by atoms with Gasteiger partial charge in [-0.1, -0.05) is 6.42 Å². The molecule has 0 unspecified atom stereocenters. The molecule has 1 N–H and O–H groups in total. The van der Waals surface area contributed by atoms with E-state index in [-0.39, 0.29) is 22.9 Å². The minimum absolute atomic E-state index is 0.202. The number of esters is 2. The number of ether oxygens (including phenoxy) is 2. The van der Waals surface area contributed by atoms with Crippen molar-refractivity contribution in [2.45, 2.75) is 39.2 Å². The fourth-order valence-electron chi connectivity index (χ4n) is 2.98. The van der Waals surface area contributed by atoms with Crippen LogP contribution in [0.25, 0.3) is 0 Å². The topological polar surface area (TPSA) is 84.9 Å². The summed E-state index contributed by atoms with van der Waals surface area (Å²) in [6.07, 6.45) is 3.33. The molecule has 8 heteroatoms. The van der Waals surface area contributed by atoms with Crippen LogP contribution in [0, 0.1) is 6.92 Å². The number of nitrogens with zero attached hydrogens (tertiary/aromatic N) is 1. The second-order valence-electron chi connectivity index (χ2n) is 6.11. The van der Waals surface area contributed by atoms with Crippen molar-refractivity contribution in [2.75, 3.05) is 32.6 Å². The molecular formula is C17H24N2O5S. The molecule has 0 radical (unpaired) electrons. The van der Waals surface area contributed by atoms with E-state index in [2.05, 4.69) is 17.1 Å². The monoisotopic (exact) mass is 368 g/mol. The van der Waals surface area contributed by atoms with Crippen LogP contribution in [0.15, 0.2) is 0 Å². The first-order valence-electron chi connectivity index (χ1n) is 8.23. The number of amides is 1. The van der Waals surface area contributed by atoms with Crippen LogP contribution in [0.5, 0.6) is 0 Å². The molecule has 138 valence electrons. The third-order valence-electron chi connectivity index (χ3n) is 4.45. The van der Waals surface area contributed by atoms with E-state index >= 15 is 0 Å². The molecule has 1 fully saturated rings. The lowest BCUT2D eigenvalue weighted by atomic mass is 10.0. The first-order chi connectivity index (χ1) is 11.9. The van der Waals surface area contributed by atoms with E-state index in [0.717, 1.165) is 30.7 Å². The van der Waals surface area contributed by atoms with Crippen LogP contribution in [0.4, 0.5) is 5.00 Å². The number of carbonyl (C=O) groups is 3. The Bertz CT molecular complexity index is 670. The van der Waals surface area contributed by atoms with Gasteiger partial charge in [-0.3, -0.25) is 9.69 Å². The highest BCUT2D eigenvalue weighted by atomic mass is 32.1. The summed E-state index contributed by atoms with van der Waals surface area (Å²) in [4.78, 5) is 38.8. The summed E-state index contributed by atoms with van der Waals surface area (Å²) < 4.78 is 9.52. The van der Waals surface area contributed by atoms with E-state index in [4.69, 9.17) is 9.47 Å². The van der Waals surface area contributed by atoms with E-state index < -0.39 is 11.9 Å². The number of piperidine rings is 1. The van der Waals surface area contributed by atoms with Crippen molar-refractivity contribution in [1.29, 1.82) is 0 Å². The van der Waals surface area contributed by atoms with Crippen LogP contribution in [0.3, 0.4) is 0 Å². The van der Waals surface area contributed by atoms with Crippen molar-refractivity contribution in [3.05, 3.63) is 16.0 Å². The van der Waals surface area contributed by atoms with Gasteiger partial charge in [-0.2, -0.15) is 0 Å². The number of methoxy groups -OCH3 is 2. The number of anilines is 1. The highest BCUT2D eigenvalue weighted by Crippen LogP contribution is 2.34. The molecule has 1 aromatic heterocycles. The van der Waals surface area contributed by atoms with Crippen LogP contribution < -0.4 is 5.32 Å². The van der Waals surface area contributed by atoms with Crippen molar-refractivity contribution in [2.24, 2.45) is 0 Å². The molecule has 0 saturated carbocycles. The van der Waals surface area contributed by atoms with Gasteiger partial charge in [-0.25, -0.2) is 9.59 Å². The molecule has 1 aliphatic rings. The zero-order chi connectivity index (χ0) is 18.6. The lowest BCUT2D eigenvalue weighted by Gasteiger charge is -2.32. The van der Waals surface area contributed by atoms with E-state index in [1.165, 1.54) is 20.6 Å². The second kappa shape index (κ2) is 8.44. The van der Waals surface area contributed by atoms with Crippen LogP contribution in [-0.4, -0.2) is 56.1 Å². The lowest BCUT2D eigenvalue weighted by molar-refractivity contribution is -0.118. The largest absolute Gasteiger partial charge is 0.465 e. The zero-order valence-corrected chi connectivity index (χ0v) is 15.8. The standard InChI is InChI=1S/C17H24N2O5S/c1-10-7-5-6-8-19(10)9-12(20)18-15-13(16(21)23-3)11(2)14(25-15)17(22)24-4/h10H,5-9H2,1-4H3,(H,18,20)/t10-/m1/s1. The maximum atomic E-state index is 12.4. The van der Waals surface area contributed by atoms with Crippen molar-refractivity contribution in [1.82, 2.24) is 4.90 Å². The van der Waals surface area contributed by atoms with E-state index in [1.54, 1.807) is 6.92 Å². The van der Waals surface area contributed by atoms with E-state index in [9.17, 15) is 14.4 Å². The fourth-order valence-corrected chi connectivity index (χ4v) is 4.11. The number of nitrogens with one attached hydrogen (secondary N) is 1. The van der Waals surface area contributed by atoms with Gasteiger partial charge in [0.1, 0.15) is 9.88 Å². The molecule has 0 spiro atoms. The number of thiophene rings is 1. The van der Waals surface area contributed by atoms with Crippen molar-refractivity contribution < 1.29 is 23.9 Å². The number of carbonyl (C=O) groups excluding carboxylic acids is 3. The Labute approximate surface area is 151 Å². The normalized spacial score (nSPS) is 17.8. The predicted octanol–water partition coefficient (Wildman–Crippen LogP) is 2.44. The van der Waals surface area contributed by atoms with Gasteiger partial charge in [-0.15, -0.1) is 11.3 Å². The molecule has 1 aromatic rings. The average Bonchev–Trinajstić information content (AvgIpc) is 2.91. The molecule has 2 heterocycles. The molecule has 2 rings (SSSR count). The molecule has 0 aliphatic carbocycles. The lowest BCUT2D eigenvalue weighted by Crippen LogP contribution is -2.42. The van der Waals surface area contributed by atoms with Crippen LogP contribution in [0.2, 0.25) is 0 Å². The Kier molecular flexibility index (Phi) is 6.55. The van der Waals surface area contributed by atoms with Crippen LogP contribution in [-0.2, 0) is 14.3 Å². The summed E-state index contributed by atoms with van der Waals surface area (Å²) in [6, 6.07) is 0.357. The maximum absolute atomic E-state index is 12.4. The zero-order valence-electron chi connectivity index (χ0n) is 15.0. The highest BCUT2D eigenvalue weighted by molar-refractivity contribution is 7.18. The minimum Gasteiger partial charge on any atom is -0.465 e. The summed E-state index contributed by atoms with van der Waals surface area (Å²) in [5.41, 5.74) is 0.651. The number of hydrogen-bond acceptors (Lipinski definition) is 7. The van der Waals surface area contributed by atoms with Crippen LogP contribution in [0.1, 0.15) is 51.8 Å². The Morgan fingerprint density at radius 2 is 1.88 bits per heavy atom. The van der Waals surface area contributed by atoms with Gasteiger partial charge >= 0.3 is 11.9 Å². The van der Waals surface area contributed by atoms with E-state index in [1.807, 2.05) is 0 Å². The van der Waals surface area contributed by atoms with Crippen molar-refractivity contribution in [3.8, 4) is 0 Å². The SMILES string of the molecule is COC(=O)c1sc(NC(=O)CN2CCCC[C@H]2C)c(C(=O)OC)c1C. The van der Waals surface area contributed by atoms with Gasteiger partial charge in [-0.05, 0) is 38.8 Å². The van der Waals surface area contributed by atoms with Gasteiger partial charge in [0.2, 0.25) is 5.91 Å². The highest BCUT2D eigenvalue weighted by Gasteiger charge is 2.27. The van der Waals surface area contributed by atoms with Gasteiger partial charge in [0.15, 0.2) is 0 Å². The molecule has 7 nitrogen and oxygen atoms in total. The first-order valence-corrected chi connectivity index (χ1v) is 9.04. The first kappa shape index (κ1) is 19.4. The Morgan fingerprint density at radius 3 is 2.48 bits per heavy atom. The summed E-state index contributed by atoms with van der Waals surface area (Å²) >= 11 is 1.03. The second-order valence-corrected chi connectivity index (χ2v) is 7.13. The predicted molar refractivity (Wildman–Crippen MR) is 95.3 cm³/mol. The van der Waals surface area contributed by atoms with Gasteiger partial charge < -0.3 is 14.8 Å². The minimum atomic E-state index is -0.592. The maximum Gasteiger partial charge on any atom is 0.348 e. The summed E-state index contributed by atoms with van der Waals surface area (Å²) in [5, 5.41) is 3.08. The molecule has 0 aromatic carbocycles. The van der Waals surface area contributed by atoms with E-state index in [0.29, 0.717) is 16.6 Å². The smallest absolute Gasteiger partial charge is 0.348 e. The van der Waals surface area contributed by atoms with Gasteiger partial charge in [0.25, 0.3) is 0 Å². The summed E-state index contributed by atoms with van der Waals surface area (Å²) in [7, 11) is 2.54. The third-order valence-corrected chi connectivity index (χ3v) is 5.63. The molecule has 1 amide bonds. The number of rotatable bonds is 5. The fraction of sp³-hybridized carbons (Fsp3) is 0.588. The number of likely N-dealkylation sites (tertiary alicyclic amines) is 1. The molecule has 1 saturated heterocycles. The summed E-state index contributed by atoms with van der Waals surface area (Å²) in [6.45, 7) is 4.88. The average molecular weight is 368 g/mol. The number of hydrogen-bond donors (Lipinski definition) is 1. The van der Waals surface area contributed by atoms with Crippen molar-refractivity contribution in [3.63, 3.8) is 0 Å². The molecule has 1 aliphatic heterocycles. The Hall–Kier alpha value is -1.93. The quantitative estimate of drug-likeness (QED) is 0.804. The molecule has 1 atom stereocenters. The Balaban J connectivity index is 2.20. The molecular weight excluding hydrogens is 344 g/mol. The van der Waals surface area contributed by atoms with Crippen LogP contribution >= 0.6 is 11.3 Å². The third kappa shape index (κ3) is 4.38. The van der Waals surface area contributed by atoms with Gasteiger partial charge in [0.05, 0.1) is 26.3 Å².